The molecular weight excluding hydrogens is 1440 g/mol. The first-order valence-electron chi connectivity index (χ1n) is 40.0. The SMILES string of the molecule is CCCCCCCCCCCCOc1cc(OCCCCCCCCCCCC)cc(C(=O)NCCCCCCNC(=O)CNC(=O)[C@@H](NC(=O)[C@H](CC(=O)O)NC(=O)[C@@H](NC(=O)[C@H](CC(N)=O)NC(=O)[C@@H]2CCCN2C(=O)[C@H](Cc2ccc(O)cc2)NC(=O)[C@@H](NC(=O)[C@@H](N)CC(=O)O)[C@@H](C)O)[C@@H](C)O)[C@@H](C)CC)c1. The van der Waals surface area contributed by atoms with Gasteiger partial charge in [0.1, 0.15) is 59.5 Å². The summed E-state index contributed by atoms with van der Waals surface area (Å²) in [6.07, 6.45) is 20.8. The monoisotopic (exact) mass is 1560 g/mol. The van der Waals surface area contributed by atoms with Crippen molar-refractivity contribution in [2.24, 2.45) is 17.4 Å². The fourth-order valence-electron chi connectivity index (χ4n) is 12.6. The summed E-state index contributed by atoms with van der Waals surface area (Å²) in [5, 5.41) is 72.4. The highest BCUT2D eigenvalue weighted by Gasteiger charge is 2.42. The number of ether oxygens (including phenoxy) is 2. The number of likely N-dealkylation sites (tertiary alicyclic amines) is 1. The van der Waals surface area contributed by atoms with E-state index in [1.807, 2.05) is 6.07 Å². The summed E-state index contributed by atoms with van der Waals surface area (Å²) < 4.78 is 12.4. The number of carboxylic acid groups (broad SMARTS) is 2. The zero-order valence-electron chi connectivity index (χ0n) is 66.0. The van der Waals surface area contributed by atoms with Gasteiger partial charge in [0.15, 0.2) is 0 Å². The summed E-state index contributed by atoms with van der Waals surface area (Å²) in [6, 6.07) is -2.84. The third-order valence-corrected chi connectivity index (χ3v) is 19.3. The Morgan fingerprint density at radius 1 is 0.505 bits per heavy atom. The third kappa shape index (κ3) is 39.0. The molecule has 3 rings (SSSR count). The van der Waals surface area contributed by atoms with Crippen LogP contribution in [0.3, 0.4) is 0 Å². The van der Waals surface area contributed by atoms with E-state index in [2.05, 4.69) is 61.7 Å². The van der Waals surface area contributed by atoms with E-state index in [1.165, 1.54) is 127 Å². The Bertz CT molecular complexity index is 3190. The molecule has 1 aliphatic rings. The number of carbonyl (C=O) groups excluding carboxylic acids is 11. The Kier molecular flexibility index (Phi) is 47.1. The van der Waals surface area contributed by atoms with Gasteiger partial charge < -0.3 is 99.2 Å². The minimum Gasteiger partial charge on any atom is -0.508 e. The second-order valence-corrected chi connectivity index (χ2v) is 29.0. The largest absolute Gasteiger partial charge is 0.508 e. The second kappa shape index (κ2) is 54.5. The summed E-state index contributed by atoms with van der Waals surface area (Å²) >= 11 is 0. The maximum absolute atomic E-state index is 14.5. The van der Waals surface area contributed by atoms with Gasteiger partial charge in [-0.2, -0.15) is 0 Å². The predicted octanol–water partition coefficient (Wildman–Crippen LogP) is 4.62. The van der Waals surface area contributed by atoms with Gasteiger partial charge in [0.2, 0.25) is 59.1 Å². The highest BCUT2D eigenvalue weighted by Crippen LogP contribution is 2.26. The standard InChI is InChI=1S/C79H128N12O20/c1-7-10-12-14-16-18-20-22-26-30-41-110-57-44-55(45-58(46-57)111-42-31-27-23-21-19-17-15-13-11-8-2)71(101)83-39-29-25-24-28-38-82-65(96)50-84-76(106)68(51(4)9-3)88-74(104)61(49-67(99)100)86-77(107)70(53(6)93)90-73(103)60(48-64(81)95)85-75(105)63-33-32-40-91(63)79(109)62(43-54-34-36-56(94)37-35-54)87-78(108)69(52(5)92)89-72(102)59(80)47-66(97)98/h34-37,44-46,51-53,59-63,68-70,92-94H,7-33,38-43,47-50,80H2,1-6H3,(H2,81,95)(H,82,96)(H,83,101)(H,84,106)(H,85,105)(H,86,107)(H,87,108)(H,88,104)(H,89,102)(H,90,103)(H,97,98)(H,99,100)/t51-,52+,53+,59-,60-,61-,62-,63-,68-,69-,70-/m0/s1. The molecular formula is C79H128N12O20. The number of aliphatic hydroxyl groups excluding tert-OH is 2. The Hall–Kier alpha value is -9.17. The molecule has 0 bridgehead atoms. The number of rotatable bonds is 60. The highest BCUT2D eigenvalue weighted by atomic mass is 16.5. The molecule has 0 unspecified atom stereocenters. The Labute approximate surface area is 653 Å². The molecule has 18 N–H and O–H groups in total. The average molecular weight is 1570 g/mol. The van der Waals surface area contributed by atoms with E-state index in [4.69, 9.17) is 26.0 Å². The molecule has 0 spiro atoms. The number of nitrogens with zero attached hydrogens (tertiary/aromatic N) is 1. The molecule has 32 nitrogen and oxygen atoms in total. The van der Waals surface area contributed by atoms with Crippen LogP contribution in [0.5, 0.6) is 17.2 Å². The molecule has 11 atom stereocenters. The van der Waals surface area contributed by atoms with Crippen molar-refractivity contribution in [2.45, 2.75) is 301 Å². The number of benzene rings is 2. The van der Waals surface area contributed by atoms with Gasteiger partial charge in [0.05, 0.1) is 57.3 Å². The Morgan fingerprint density at radius 2 is 0.955 bits per heavy atom. The summed E-state index contributed by atoms with van der Waals surface area (Å²) in [6.45, 7) is 11.1. The van der Waals surface area contributed by atoms with Gasteiger partial charge >= 0.3 is 11.9 Å². The van der Waals surface area contributed by atoms with Crippen LogP contribution in [-0.4, -0.2) is 207 Å². The fraction of sp³-hybridized carbons (Fsp3) is 0.684. The molecule has 1 saturated heterocycles. The number of phenols is 1. The van der Waals surface area contributed by atoms with Gasteiger partial charge in [-0.25, -0.2) is 0 Å². The number of aliphatic hydroxyl groups is 2. The molecule has 111 heavy (non-hydrogen) atoms. The molecule has 2 aromatic rings. The van der Waals surface area contributed by atoms with Crippen LogP contribution in [0.25, 0.3) is 0 Å². The number of unbranched alkanes of at least 4 members (excludes halogenated alkanes) is 21. The van der Waals surface area contributed by atoms with Crippen LogP contribution >= 0.6 is 0 Å². The van der Waals surface area contributed by atoms with Crippen LogP contribution in [0, 0.1) is 5.92 Å². The smallest absolute Gasteiger partial charge is 0.305 e. The van der Waals surface area contributed by atoms with Crippen molar-refractivity contribution in [1.82, 2.24) is 52.8 Å². The van der Waals surface area contributed by atoms with Crippen LogP contribution in [-0.2, 0) is 64.0 Å². The quantitative estimate of drug-likeness (QED) is 0.0402. The van der Waals surface area contributed by atoms with Crippen molar-refractivity contribution >= 4 is 76.9 Å². The highest BCUT2D eigenvalue weighted by molar-refractivity contribution is 6.00. The molecule has 0 aliphatic carbocycles. The van der Waals surface area contributed by atoms with Crippen molar-refractivity contribution in [3.05, 3.63) is 53.6 Å². The molecule has 32 heteroatoms. The fourth-order valence-corrected chi connectivity index (χ4v) is 12.6. The number of aromatic hydroxyl groups is 1. The summed E-state index contributed by atoms with van der Waals surface area (Å²) in [7, 11) is 0. The molecule has 0 aromatic heterocycles. The van der Waals surface area contributed by atoms with E-state index in [9.17, 15) is 82.8 Å². The lowest BCUT2D eigenvalue weighted by atomic mass is 9.97. The number of aliphatic carboxylic acids is 2. The molecule has 1 fully saturated rings. The van der Waals surface area contributed by atoms with E-state index in [0.717, 1.165) is 50.9 Å². The lowest BCUT2D eigenvalue weighted by Crippen LogP contribution is -2.62. The molecule has 0 radical (unpaired) electrons. The zero-order chi connectivity index (χ0) is 82.2. The Balaban J connectivity index is 1.59. The van der Waals surface area contributed by atoms with Crippen LogP contribution in [0.2, 0.25) is 0 Å². The minimum atomic E-state index is -2.02. The van der Waals surface area contributed by atoms with Gasteiger partial charge in [-0.3, -0.25) is 62.3 Å². The van der Waals surface area contributed by atoms with Crippen molar-refractivity contribution in [1.29, 1.82) is 0 Å². The molecule has 0 saturated carbocycles. The first-order chi connectivity index (χ1) is 53.0. The van der Waals surface area contributed by atoms with Gasteiger partial charge in [-0.05, 0) is 88.1 Å². The van der Waals surface area contributed by atoms with Gasteiger partial charge in [-0.15, -0.1) is 0 Å². The van der Waals surface area contributed by atoms with Crippen LogP contribution in [0.4, 0.5) is 0 Å². The van der Waals surface area contributed by atoms with Crippen LogP contribution in [0.15, 0.2) is 42.5 Å². The number of amides is 11. The van der Waals surface area contributed by atoms with Gasteiger partial charge in [-0.1, -0.05) is 175 Å². The number of carbonyl (C=O) groups is 13. The number of hydrogen-bond acceptors (Lipinski definition) is 19. The number of primary amides is 1. The number of hydrogen-bond donors (Lipinski definition) is 16. The molecule has 1 heterocycles. The van der Waals surface area contributed by atoms with Crippen molar-refractivity contribution in [2.75, 3.05) is 39.4 Å². The topological polar surface area (TPSA) is 505 Å². The van der Waals surface area contributed by atoms with Crippen molar-refractivity contribution in [3.63, 3.8) is 0 Å². The lowest BCUT2D eigenvalue weighted by molar-refractivity contribution is -0.143. The van der Waals surface area contributed by atoms with Gasteiger partial charge in [0.25, 0.3) is 5.91 Å². The van der Waals surface area contributed by atoms with E-state index in [0.29, 0.717) is 68.1 Å². The van der Waals surface area contributed by atoms with Crippen LogP contribution < -0.4 is 68.8 Å². The summed E-state index contributed by atoms with van der Waals surface area (Å²) in [5.74, 6) is -13.3. The van der Waals surface area contributed by atoms with Crippen LogP contribution in [0.1, 0.15) is 250 Å². The average Bonchev–Trinajstić information content (AvgIpc) is 1.69. The maximum atomic E-state index is 14.5. The predicted molar refractivity (Wildman–Crippen MR) is 415 cm³/mol. The van der Waals surface area contributed by atoms with E-state index >= 15 is 0 Å². The minimum absolute atomic E-state index is 0.0467. The first-order valence-corrected chi connectivity index (χ1v) is 40.0. The van der Waals surface area contributed by atoms with Crippen molar-refractivity contribution in [3.8, 4) is 17.2 Å². The molecule has 624 valence electrons. The third-order valence-electron chi connectivity index (χ3n) is 19.3. The van der Waals surface area contributed by atoms with Crippen molar-refractivity contribution < 1.29 is 97.3 Å². The molecule has 1 aliphatic heterocycles. The maximum Gasteiger partial charge on any atom is 0.305 e. The number of carboxylic acids is 2. The lowest BCUT2D eigenvalue weighted by Gasteiger charge is -2.31. The first kappa shape index (κ1) is 96.0. The molecule has 11 amide bonds. The number of phenolic OH excluding ortho intramolecular Hbond substituents is 1. The van der Waals surface area contributed by atoms with Gasteiger partial charge in [0, 0.05) is 37.7 Å². The van der Waals surface area contributed by atoms with E-state index in [1.54, 1.807) is 26.0 Å². The molecule has 2 aromatic carbocycles. The summed E-state index contributed by atoms with van der Waals surface area (Å²) in [4.78, 5) is 174. The summed E-state index contributed by atoms with van der Waals surface area (Å²) in [5.41, 5.74) is 12.0. The van der Waals surface area contributed by atoms with E-state index < -0.39 is 163 Å². The number of nitrogens with one attached hydrogen (secondary N) is 9. The Morgan fingerprint density at radius 3 is 1.43 bits per heavy atom. The number of nitrogens with two attached hydrogens (primary N) is 2. The normalized spacial score (nSPS) is 15.3. The zero-order valence-corrected chi connectivity index (χ0v) is 66.0. The second-order valence-electron chi connectivity index (χ2n) is 29.0. The van der Waals surface area contributed by atoms with E-state index in [-0.39, 0.29) is 44.0 Å².